The number of aliphatic hydroxyl groups is 3. The van der Waals surface area contributed by atoms with E-state index in [1.54, 1.807) is 0 Å². The summed E-state index contributed by atoms with van der Waals surface area (Å²) in [4.78, 5) is 59.6. The van der Waals surface area contributed by atoms with Crippen molar-refractivity contribution < 1.29 is 52.9 Å². The number of nitrogens with one attached hydrogen (secondary N) is 1. The molecular formula is C17H25NO10. The third-order valence-electron chi connectivity index (χ3n) is 4.35. The second-order valence-corrected chi connectivity index (χ2v) is 6.32. The van der Waals surface area contributed by atoms with Crippen LogP contribution in [0.25, 0.3) is 0 Å². The highest BCUT2D eigenvalue weighted by Gasteiger charge is 2.70. The van der Waals surface area contributed by atoms with Crippen LogP contribution >= 0.6 is 0 Å². The van der Waals surface area contributed by atoms with Gasteiger partial charge in [-0.3, -0.25) is 19.2 Å². The number of aliphatic hydroxyl groups excluding tert-OH is 1. The van der Waals surface area contributed by atoms with E-state index in [4.69, 9.17) is 8.85 Å². The molecule has 1 amide bonds. The number of esters is 1. The van der Waals surface area contributed by atoms with Crippen molar-refractivity contribution in [2.45, 2.75) is 70.1 Å². The van der Waals surface area contributed by atoms with E-state index in [2.05, 4.69) is 4.74 Å². The SMILES string of the molecule is [2H]CC(=O)OC[C@H]1OC(O)[C@H](NC(=O)CCC(C)=O)[C@](O)(C(=O)C[2H])[C@@]1(O)C(=O)C[2H]. The monoisotopic (exact) mass is 406 g/mol. The first kappa shape index (κ1) is 19.1. The summed E-state index contributed by atoms with van der Waals surface area (Å²) >= 11 is 0. The van der Waals surface area contributed by atoms with E-state index >= 15 is 0 Å². The minimum atomic E-state index is -3.34. The van der Waals surface area contributed by atoms with Gasteiger partial charge in [0, 0.05) is 23.9 Å². The number of rotatable bonds is 8. The van der Waals surface area contributed by atoms with E-state index < -0.39 is 86.8 Å². The Balaban J connectivity index is 3.46. The normalized spacial score (nSPS) is 33.7. The van der Waals surface area contributed by atoms with Crippen LogP contribution in [0.5, 0.6) is 0 Å². The fourth-order valence-corrected chi connectivity index (χ4v) is 2.85. The molecule has 5 atom stereocenters. The molecule has 11 nitrogen and oxygen atoms in total. The van der Waals surface area contributed by atoms with Crippen molar-refractivity contribution in [2.24, 2.45) is 0 Å². The predicted molar refractivity (Wildman–Crippen MR) is 90.6 cm³/mol. The zero-order valence-corrected chi connectivity index (χ0v) is 15.2. The van der Waals surface area contributed by atoms with E-state index in [0.29, 0.717) is 0 Å². The van der Waals surface area contributed by atoms with Crippen molar-refractivity contribution in [1.82, 2.24) is 5.32 Å². The highest BCUT2D eigenvalue weighted by atomic mass is 16.6. The Kier molecular flexibility index (Phi) is 6.05. The number of amides is 1. The number of ether oxygens (including phenoxy) is 2. The molecule has 4 N–H and O–H groups in total. The molecule has 0 aliphatic carbocycles. The lowest BCUT2D eigenvalue weighted by Crippen LogP contribution is -2.82. The van der Waals surface area contributed by atoms with Crippen LogP contribution in [0, 0.1) is 0 Å². The molecule has 0 aromatic heterocycles. The molecular weight excluding hydrogens is 378 g/mol. The Labute approximate surface area is 165 Å². The molecule has 1 fully saturated rings. The molecule has 1 saturated heterocycles. The lowest BCUT2D eigenvalue weighted by Gasteiger charge is -2.53. The number of ketones is 3. The van der Waals surface area contributed by atoms with Gasteiger partial charge in [0.1, 0.15) is 24.5 Å². The largest absolute Gasteiger partial charge is 0.463 e. The summed E-state index contributed by atoms with van der Waals surface area (Å²) in [6.07, 6.45) is -4.93. The van der Waals surface area contributed by atoms with Crippen molar-refractivity contribution in [2.75, 3.05) is 6.61 Å². The first-order valence-corrected chi connectivity index (χ1v) is 8.07. The first-order valence-electron chi connectivity index (χ1n) is 10.2. The fourth-order valence-electron chi connectivity index (χ4n) is 2.85. The first-order chi connectivity index (χ1) is 14.4. The van der Waals surface area contributed by atoms with Crippen LogP contribution in [0.3, 0.4) is 0 Å². The van der Waals surface area contributed by atoms with Gasteiger partial charge in [0.15, 0.2) is 29.1 Å². The maximum absolute atomic E-state index is 12.5. The standard InChI is InChI=1S/C17H25NO10/c1-8(19)5-6-13(23)18-14-15(24)28-12(7-27-11(4)22)16(25,9(2)20)17(14,26)10(3)21/h12,14-15,24-26H,5-7H2,1-4H3,(H,18,23)/t12-,14+,15?,16-,17-/m1/s1/i2D,3D,4D. The number of carbonyl (C=O) groups excluding carboxylic acids is 5. The predicted octanol–water partition coefficient (Wildman–Crippen LogP) is -2.24. The van der Waals surface area contributed by atoms with Crippen LogP contribution in [0.4, 0.5) is 0 Å². The van der Waals surface area contributed by atoms with Crippen molar-refractivity contribution in [1.29, 1.82) is 0 Å². The summed E-state index contributed by atoms with van der Waals surface area (Å²) in [5.74, 6) is -5.38. The molecule has 0 aromatic rings. The molecule has 1 aliphatic rings. The number of hydrogen-bond donors (Lipinski definition) is 4. The molecule has 1 rings (SSSR count). The van der Waals surface area contributed by atoms with Crippen LogP contribution in [-0.4, -0.2) is 80.8 Å². The Morgan fingerprint density at radius 3 is 2.21 bits per heavy atom. The van der Waals surface area contributed by atoms with Gasteiger partial charge in [0.25, 0.3) is 0 Å². The Morgan fingerprint density at radius 1 is 1.07 bits per heavy atom. The molecule has 0 radical (unpaired) electrons. The second kappa shape index (κ2) is 8.86. The van der Waals surface area contributed by atoms with Crippen molar-refractivity contribution >= 4 is 29.2 Å². The van der Waals surface area contributed by atoms with Gasteiger partial charge in [0.2, 0.25) is 5.91 Å². The van der Waals surface area contributed by atoms with E-state index in [9.17, 15) is 39.3 Å². The summed E-state index contributed by atoms with van der Waals surface area (Å²) in [7, 11) is 0. The van der Waals surface area contributed by atoms with Gasteiger partial charge in [-0.25, -0.2) is 0 Å². The molecule has 0 spiro atoms. The zero-order chi connectivity index (χ0) is 24.0. The van der Waals surface area contributed by atoms with E-state index in [0.717, 1.165) is 0 Å². The zero-order valence-electron chi connectivity index (χ0n) is 18.2. The van der Waals surface area contributed by atoms with Gasteiger partial charge in [-0.1, -0.05) is 0 Å². The van der Waals surface area contributed by atoms with Crippen molar-refractivity contribution in [3.63, 3.8) is 0 Å². The highest BCUT2D eigenvalue weighted by molar-refractivity contribution is 5.99. The average molecular weight is 406 g/mol. The molecule has 11 heteroatoms. The number of hydrogen-bond acceptors (Lipinski definition) is 10. The van der Waals surface area contributed by atoms with Gasteiger partial charge < -0.3 is 34.9 Å². The van der Waals surface area contributed by atoms with Crippen molar-refractivity contribution in [3.05, 3.63) is 0 Å². The van der Waals surface area contributed by atoms with Gasteiger partial charge in [-0.2, -0.15) is 0 Å². The van der Waals surface area contributed by atoms with Gasteiger partial charge in [-0.05, 0) is 20.7 Å². The molecule has 1 aliphatic heterocycles. The maximum atomic E-state index is 12.5. The minimum absolute atomic E-state index is 0.220. The summed E-state index contributed by atoms with van der Waals surface area (Å²) in [6, 6.07) is -2.16. The third kappa shape index (κ3) is 4.43. The maximum Gasteiger partial charge on any atom is 0.302 e. The topological polar surface area (TPSA) is 177 Å². The average Bonchev–Trinajstić information content (AvgIpc) is 2.74. The van der Waals surface area contributed by atoms with Crippen LogP contribution in [-0.2, 0) is 33.4 Å². The quantitative estimate of drug-likeness (QED) is 0.322. The van der Waals surface area contributed by atoms with Gasteiger partial charge in [-0.15, -0.1) is 0 Å². The molecule has 0 bridgehead atoms. The van der Waals surface area contributed by atoms with E-state index in [1.807, 2.05) is 5.32 Å². The van der Waals surface area contributed by atoms with Gasteiger partial charge in [0.05, 0.1) is 0 Å². The summed E-state index contributed by atoms with van der Waals surface area (Å²) in [5.41, 5.74) is -6.64. The van der Waals surface area contributed by atoms with Crippen LogP contribution in [0.15, 0.2) is 0 Å². The molecule has 0 aromatic carbocycles. The number of carbonyl (C=O) groups is 5. The van der Waals surface area contributed by atoms with Crippen LogP contribution < -0.4 is 5.32 Å². The molecule has 1 unspecified atom stereocenters. The van der Waals surface area contributed by atoms with Crippen molar-refractivity contribution in [3.8, 4) is 0 Å². The highest BCUT2D eigenvalue weighted by Crippen LogP contribution is 2.39. The summed E-state index contributed by atoms with van der Waals surface area (Å²) < 4.78 is 31.2. The van der Waals surface area contributed by atoms with E-state index in [1.165, 1.54) is 6.92 Å². The molecule has 1 heterocycles. The Morgan fingerprint density at radius 2 is 1.68 bits per heavy atom. The Bertz CT molecular complexity index is 735. The summed E-state index contributed by atoms with van der Waals surface area (Å²) in [6.45, 7) is -3.01. The van der Waals surface area contributed by atoms with Crippen LogP contribution in [0.2, 0.25) is 0 Å². The molecule has 158 valence electrons. The van der Waals surface area contributed by atoms with Crippen LogP contribution in [0.1, 0.15) is 44.6 Å². The van der Waals surface area contributed by atoms with Gasteiger partial charge >= 0.3 is 5.97 Å². The smallest absolute Gasteiger partial charge is 0.302 e. The second-order valence-electron chi connectivity index (χ2n) is 6.32. The fraction of sp³-hybridized carbons (Fsp3) is 0.706. The lowest BCUT2D eigenvalue weighted by molar-refractivity contribution is -0.307. The Hall–Kier alpha value is -2.21. The van der Waals surface area contributed by atoms with E-state index in [-0.39, 0.29) is 12.2 Å². The third-order valence-corrected chi connectivity index (χ3v) is 4.35. The molecule has 0 saturated carbocycles. The number of Topliss-reactive ketones (excluding diaryl/α,β-unsaturated/α-hetero) is 3. The lowest BCUT2D eigenvalue weighted by atomic mass is 9.67. The minimum Gasteiger partial charge on any atom is -0.463 e. The molecule has 28 heavy (non-hydrogen) atoms. The summed E-state index contributed by atoms with van der Waals surface area (Å²) in [5, 5.41) is 34.7.